The lowest BCUT2D eigenvalue weighted by molar-refractivity contribution is 0.610. The minimum Gasteiger partial charge on any atom is -0.370 e. The Morgan fingerprint density at radius 2 is 1.96 bits per heavy atom. The second-order valence-corrected chi connectivity index (χ2v) is 6.05. The highest BCUT2D eigenvalue weighted by atomic mass is 35.5. The number of hydrogen-bond donors (Lipinski definition) is 2. The Morgan fingerprint density at radius 1 is 1.12 bits per heavy atom. The topological polar surface area (TPSA) is 49.8 Å². The van der Waals surface area contributed by atoms with Gasteiger partial charge in [0.05, 0.1) is 0 Å². The van der Waals surface area contributed by atoms with Crippen LogP contribution in [-0.2, 0) is 6.42 Å². The molecule has 0 saturated carbocycles. The molecule has 0 radical (unpaired) electrons. The molecule has 0 saturated heterocycles. The lowest BCUT2D eigenvalue weighted by atomic mass is 10.1. The SMILES string of the molecule is Cc1ccc(Cl)cc1Nc1nccc(NCCc2ccccc2F)n1. The largest absolute Gasteiger partial charge is 0.370 e. The molecule has 0 aliphatic carbocycles. The first-order chi connectivity index (χ1) is 12.1. The number of hydrogen-bond acceptors (Lipinski definition) is 4. The van der Waals surface area contributed by atoms with Crippen molar-refractivity contribution < 1.29 is 4.39 Å². The molecule has 1 aromatic heterocycles. The monoisotopic (exact) mass is 356 g/mol. The van der Waals surface area contributed by atoms with Crippen LogP contribution in [0.25, 0.3) is 0 Å². The van der Waals surface area contributed by atoms with Crippen LogP contribution in [0.1, 0.15) is 11.1 Å². The molecule has 2 aromatic carbocycles. The predicted octanol–water partition coefficient (Wildman–Crippen LogP) is 4.98. The quantitative estimate of drug-likeness (QED) is 0.654. The van der Waals surface area contributed by atoms with Gasteiger partial charge in [-0.2, -0.15) is 4.98 Å². The average molecular weight is 357 g/mol. The van der Waals surface area contributed by atoms with E-state index in [4.69, 9.17) is 11.6 Å². The number of benzene rings is 2. The Morgan fingerprint density at radius 3 is 2.80 bits per heavy atom. The van der Waals surface area contributed by atoms with E-state index in [9.17, 15) is 4.39 Å². The Balaban J connectivity index is 1.63. The third-order valence-electron chi connectivity index (χ3n) is 3.76. The first kappa shape index (κ1) is 17.2. The Hall–Kier alpha value is -2.66. The number of halogens is 2. The van der Waals surface area contributed by atoms with Crippen LogP contribution in [0.3, 0.4) is 0 Å². The normalized spacial score (nSPS) is 10.5. The lowest BCUT2D eigenvalue weighted by Gasteiger charge is -2.10. The first-order valence-electron chi connectivity index (χ1n) is 7.95. The zero-order chi connectivity index (χ0) is 17.6. The molecule has 6 heteroatoms. The van der Waals surface area contributed by atoms with Crippen molar-refractivity contribution >= 4 is 29.1 Å². The van der Waals surface area contributed by atoms with Crippen molar-refractivity contribution in [2.75, 3.05) is 17.2 Å². The van der Waals surface area contributed by atoms with Gasteiger partial charge in [0, 0.05) is 23.5 Å². The van der Waals surface area contributed by atoms with Crippen molar-refractivity contribution in [3.05, 3.63) is 76.7 Å². The molecule has 128 valence electrons. The van der Waals surface area contributed by atoms with Crippen LogP contribution in [0.5, 0.6) is 0 Å². The van der Waals surface area contributed by atoms with Crippen LogP contribution in [0.4, 0.5) is 21.8 Å². The van der Waals surface area contributed by atoms with Crippen molar-refractivity contribution in [3.8, 4) is 0 Å². The van der Waals surface area contributed by atoms with Crippen LogP contribution in [0, 0.1) is 12.7 Å². The number of nitrogens with zero attached hydrogens (tertiary/aromatic N) is 2. The smallest absolute Gasteiger partial charge is 0.229 e. The standard InChI is InChI=1S/C19H18ClFN4/c1-13-6-7-15(20)12-17(13)24-19-23-11-9-18(25-19)22-10-8-14-4-2-3-5-16(14)21/h2-7,9,11-12H,8,10H2,1H3,(H2,22,23,24,25). The highest BCUT2D eigenvalue weighted by Crippen LogP contribution is 2.23. The maximum absolute atomic E-state index is 13.6. The summed E-state index contributed by atoms with van der Waals surface area (Å²) in [6, 6.07) is 14.1. The van der Waals surface area contributed by atoms with E-state index in [2.05, 4.69) is 20.6 Å². The lowest BCUT2D eigenvalue weighted by Crippen LogP contribution is -2.08. The molecule has 0 amide bonds. The molecule has 3 rings (SSSR count). The van der Waals surface area contributed by atoms with Gasteiger partial charge in [0.1, 0.15) is 11.6 Å². The summed E-state index contributed by atoms with van der Waals surface area (Å²) < 4.78 is 13.6. The molecule has 2 N–H and O–H groups in total. The summed E-state index contributed by atoms with van der Waals surface area (Å²) >= 11 is 6.03. The molecule has 1 heterocycles. The fraction of sp³-hybridized carbons (Fsp3) is 0.158. The van der Waals surface area contributed by atoms with E-state index in [1.807, 2.05) is 31.2 Å². The maximum atomic E-state index is 13.6. The predicted molar refractivity (Wildman–Crippen MR) is 100 cm³/mol. The van der Waals surface area contributed by atoms with Gasteiger partial charge >= 0.3 is 0 Å². The van der Waals surface area contributed by atoms with Crippen molar-refractivity contribution in [1.82, 2.24) is 9.97 Å². The van der Waals surface area contributed by atoms with Gasteiger partial charge in [-0.15, -0.1) is 0 Å². The fourth-order valence-electron chi connectivity index (χ4n) is 2.39. The number of nitrogens with one attached hydrogen (secondary N) is 2. The van der Waals surface area contributed by atoms with Gasteiger partial charge in [0.2, 0.25) is 5.95 Å². The summed E-state index contributed by atoms with van der Waals surface area (Å²) in [5, 5.41) is 7.00. The second kappa shape index (κ2) is 7.94. The van der Waals surface area contributed by atoms with Gasteiger partial charge in [-0.3, -0.25) is 0 Å². The molecule has 0 fully saturated rings. The first-order valence-corrected chi connectivity index (χ1v) is 8.33. The van der Waals surface area contributed by atoms with Crippen LogP contribution >= 0.6 is 11.6 Å². The fourth-order valence-corrected chi connectivity index (χ4v) is 2.57. The van der Waals surface area contributed by atoms with Crippen LogP contribution in [0.15, 0.2) is 54.7 Å². The van der Waals surface area contributed by atoms with Gasteiger partial charge in [0.25, 0.3) is 0 Å². The third kappa shape index (κ3) is 4.67. The summed E-state index contributed by atoms with van der Waals surface area (Å²) in [6.45, 7) is 2.56. The number of aromatic nitrogens is 2. The molecule has 3 aromatic rings. The molecule has 0 spiro atoms. The second-order valence-electron chi connectivity index (χ2n) is 5.62. The zero-order valence-corrected chi connectivity index (χ0v) is 14.5. The number of aryl methyl sites for hydroxylation is 1. The molecule has 0 bridgehead atoms. The Labute approximate surface area is 151 Å². The van der Waals surface area contributed by atoms with Crippen molar-refractivity contribution in [3.63, 3.8) is 0 Å². The van der Waals surface area contributed by atoms with Crippen LogP contribution in [0.2, 0.25) is 5.02 Å². The minimum atomic E-state index is -0.189. The van der Waals surface area contributed by atoms with E-state index < -0.39 is 0 Å². The zero-order valence-electron chi connectivity index (χ0n) is 13.8. The van der Waals surface area contributed by atoms with Crippen molar-refractivity contribution in [1.29, 1.82) is 0 Å². The molecule has 0 unspecified atom stereocenters. The highest BCUT2D eigenvalue weighted by molar-refractivity contribution is 6.30. The van der Waals surface area contributed by atoms with Gasteiger partial charge in [0.15, 0.2) is 0 Å². The molecule has 0 aliphatic heterocycles. The van der Waals surface area contributed by atoms with E-state index in [1.54, 1.807) is 24.4 Å². The van der Waals surface area contributed by atoms with Gasteiger partial charge in [-0.05, 0) is 48.7 Å². The van der Waals surface area contributed by atoms with E-state index in [0.717, 1.165) is 11.3 Å². The average Bonchev–Trinajstić information content (AvgIpc) is 2.60. The summed E-state index contributed by atoms with van der Waals surface area (Å²) in [6.07, 6.45) is 2.24. The molecule has 25 heavy (non-hydrogen) atoms. The highest BCUT2D eigenvalue weighted by Gasteiger charge is 2.04. The minimum absolute atomic E-state index is 0.189. The third-order valence-corrected chi connectivity index (χ3v) is 4.00. The maximum Gasteiger partial charge on any atom is 0.229 e. The number of rotatable bonds is 6. The summed E-state index contributed by atoms with van der Waals surface area (Å²) in [4.78, 5) is 8.64. The summed E-state index contributed by atoms with van der Waals surface area (Å²) in [5.74, 6) is 0.959. The van der Waals surface area contributed by atoms with E-state index in [0.29, 0.717) is 35.3 Å². The van der Waals surface area contributed by atoms with Crippen LogP contribution < -0.4 is 10.6 Å². The van der Waals surface area contributed by atoms with E-state index >= 15 is 0 Å². The summed E-state index contributed by atoms with van der Waals surface area (Å²) in [7, 11) is 0. The molecule has 0 aliphatic rings. The molecular formula is C19H18ClFN4. The summed E-state index contributed by atoms with van der Waals surface area (Å²) in [5.41, 5.74) is 2.58. The Bertz CT molecular complexity index is 870. The Kier molecular flexibility index (Phi) is 5.46. The van der Waals surface area contributed by atoms with E-state index in [1.165, 1.54) is 6.07 Å². The van der Waals surface area contributed by atoms with Crippen molar-refractivity contribution in [2.45, 2.75) is 13.3 Å². The van der Waals surface area contributed by atoms with Gasteiger partial charge < -0.3 is 10.6 Å². The molecule has 0 atom stereocenters. The van der Waals surface area contributed by atoms with E-state index in [-0.39, 0.29) is 5.82 Å². The molecule has 4 nitrogen and oxygen atoms in total. The number of anilines is 3. The van der Waals surface area contributed by atoms with Crippen molar-refractivity contribution in [2.24, 2.45) is 0 Å². The molecular weight excluding hydrogens is 339 g/mol. The van der Waals surface area contributed by atoms with Gasteiger partial charge in [-0.1, -0.05) is 35.9 Å². The van der Waals surface area contributed by atoms with Gasteiger partial charge in [-0.25, -0.2) is 9.37 Å². The van der Waals surface area contributed by atoms with Crippen LogP contribution in [-0.4, -0.2) is 16.5 Å².